The van der Waals surface area contributed by atoms with Gasteiger partial charge in [-0.1, -0.05) is 43.9 Å². The summed E-state index contributed by atoms with van der Waals surface area (Å²) in [4.78, 5) is 2.47. The van der Waals surface area contributed by atoms with Gasteiger partial charge >= 0.3 is 0 Å². The Morgan fingerprint density at radius 1 is 1.24 bits per heavy atom. The fourth-order valence-electron chi connectivity index (χ4n) is 2.55. The lowest BCUT2D eigenvalue weighted by molar-refractivity contribution is 0.333. The fourth-order valence-corrected chi connectivity index (χ4v) is 2.55. The fraction of sp³-hybridized carbons (Fsp3) is 0.625. The molecule has 1 aliphatic heterocycles. The molecule has 0 N–H and O–H groups in total. The molecule has 0 aromatic rings. The van der Waals surface area contributed by atoms with Gasteiger partial charge in [0.1, 0.15) is 0 Å². The molecule has 0 aromatic carbocycles. The molecule has 2 atom stereocenters. The van der Waals surface area contributed by atoms with Crippen LogP contribution in [-0.4, -0.2) is 25.0 Å². The first-order valence-electron chi connectivity index (χ1n) is 6.86. The van der Waals surface area contributed by atoms with Crippen molar-refractivity contribution in [1.29, 1.82) is 0 Å². The van der Waals surface area contributed by atoms with Gasteiger partial charge in [0.25, 0.3) is 0 Å². The van der Waals surface area contributed by atoms with Crippen molar-refractivity contribution >= 4 is 0 Å². The van der Waals surface area contributed by atoms with E-state index < -0.39 is 0 Å². The summed E-state index contributed by atoms with van der Waals surface area (Å²) < 4.78 is 0. The van der Waals surface area contributed by atoms with Crippen LogP contribution in [-0.2, 0) is 0 Å². The van der Waals surface area contributed by atoms with E-state index in [1.54, 1.807) is 0 Å². The Hall–Kier alpha value is -0.820. The molecule has 0 amide bonds. The van der Waals surface area contributed by atoms with Crippen molar-refractivity contribution in [3.05, 3.63) is 37.0 Å². The number of likely N-dealkylation sites (tertiary alicyclic amines) is 1. The maximum absolute atomic E-state index is 3.66. The van der Waals surface area contributed by atoms with Crippen LogP contribution in [0.1, 0.15) is 32.6 Å². The summed E-state index contributed by atoms with van der Waals surface area (Å²) in [7, 11) is 2.24. The topological polar surface area (TPSA) is 3.24 Å². The van der Waals surface area contributed by atoms with Crippen LogP contribution < -0.4 is 0 Å². The molecule has 1 fully saturated rings. The van der Waals surface area contributed by atoms with Gasteiger partial charge in [0, 0.05) is 0 Å². The Labute approximate surface area is 107 Å². The van der Waals surface area contributed by atoms with Crippen LogP contribution >= 0.6 is 0 Å². The van der Waals surface area contributed by atoms with E-state index in [0.29, 0.717) is 5.92 Å². The van der Waals surface area contributed by atoms with Gasteiger partial charge in [-0.3, -0.25) is 0 Å². The third-order valence-corrected chi connectivity index (χ3v) is 3.57. The second-order valence-electron chi connectivity index (χ2n) is 5.32. The van der Waals surface area contributed by atoms with Gasteiger partial charge in [0.2, 0.25) is 0 Å². The van der Waals surface area contributed by atoms with E-state index in [0.717, 1.165) is 5.92 Å². The first-order chi connectivity index (χ1) is 8.22. The van der Waals surface area contributed by atoms with Crippen molar-refractivity contribution in [3.8, 4) is 0 Å². The van der Waals surface area contributed by atoms with Gasteiger partial charge in [0.05, 0.1) is 0 Å². The SMILES string of the molecule is C=C/C=C\C=C/C(C)CC1CCCN(C)CC1. The Morgan fingerprint density at radius 3 is 2.82 bits per heavy atom. The van der Waals surface area contributed by atoms with Gasteiger partial charge in [0.15, 0.2) is 0 Å². The Balaban J connectivity index is 2.29. The lowest BCUT2D eigenvalue weighted by Gasteiger charge is -2.17. The van der Waals surface area contributed by atoms with Gasteiger partial charge < -0.3 is 4.90 Å². The Kier molecular flexibility index (Phi) is 6.95. The van der Waals surface area contributed by atoms with E-state index in [1.807, 2.05) is 12.2 Å². The minimum Gasteiger partial charge on any atom is -0.306 e. The molecule has 17 heavy (non-hydrogen) atoms. The Morgan fingerprint density at radius 2 is 2.06 bits per heavy atom. The minimum atomic E-state index is 0.692. The molecule has 0 aliphatic carbocycles. The smallest absolute Gasteiger partial charge is 0.00191 e. The van der Waals surface area contributed by atoms with Crippen molar-refractivity contribution in [1.82, 2.24) is 4.90 Å². The van der Waals surface area contributed by atoms with Crippen LogP contribution in [0.4, 0.5) is 0 Å². The lowest BCUT2D eigenvalue weighted by atomic mass is 9.90. The number of rotatable bonds is 5. The number of nitrogens with zero attached hydrogens (tertiary/aromatic N) is 1. The summed E-state index contributed by atoms with van der Waals surface area (Å²) in [5.41, 5.74) is 0. The van der Waals surface area contributed by atoms with Gasteiger partial charge in [-0.25, -0.2) is 0 Å². The molecule has 1 nitrogen and oxygen atoms in total. The molecular formula is C16H27N. The summed E-state index contributed by atoms with van der Waals surface area (Å²) in [5.74, 6) is 1.61. The molecule has 1 heteroatoms. The second kappa shape index (κ2) is 8.30. The zero-order chi connectivity index (χ0) is 12.5. The molecule has 2 unspecified atom stereocenters. The highest BCUT2D eigenvalue weighted by atomic mass is 15.1. The quantitative estimate of drug-likeness (QED) is 0.648. The first-order valence-corrected chi connectivity index (χ1v) is 6.86. The van der Waals surface area contributed by atoms with Crippen molar-refractivity contribution in [2.24, 2.45) is 11.8 Å². The number of allylic oxidation sites excluding steroid dienone is 5. The van der Waals surface area contributed by atoms with Gasteiger partial charge in [-0.05, 0) is 57.7 Å². The van der Waals surface area contributed by atoms with E-state index in [9.17, 15) is 0 Å². The molecule has 1 rings (SSSR count). The molecular weight excluding hydrogens is 206 g/mol. The van der Waals surface area contributed by atoms with E-state index in [-0.39, 0.29) is 0 Å². The highest BCUT2D eigenvalue weighted by Crippen LogP contribution is 2.24. The van der Waals surface area contributed by atoms with Crippen molar-refractivity contribution in [3.63, 3.8) is 0 Å². The molecule has 0 radical (unpaired) electrons. The standard InChI is InChI=1S/C16H27N/c1-4-5-6-7-9-15(2)14-16-10-8-12-17(3)13-11-16/h4-7,9,15-16H,1,8,10-14H2,2-3H3/b6-5-,9-7-. The molecule has 0 saturated carbocycles. The zero-order valence-corrected chi connectivity index (χ0v) is 11.4. The summed E-state index contributed by atoms with van der Waals surface area (Å²) in [5, 5.41) is 0. The summed E-state index contributed by atoms with van der Waals surface area (Å²) >= 11 is 0. The average molecular weight is 233 g/mol. The van der Waals surface area contributed by atoms with Crippen LogP contribution in [0.3, 0.4) is 0 Å². The zero-order valence-electron chi connectivity index (χ0n) is 11.4. The van der Waals surface area contributed by atoms with Gasteiger partial charge in [-0.15, -0.1) is 0 Å². The van der Waals surface area contributed by atoms with Crippen LogP contribution in [0.15, 0.2) is 37.0 Å². The predicted molar refractivity (Wildman–Crippen MR) is 77.1 cm³/mol. The molecule has 1 saturated heterocycles. The second-order valence-corrected chi connectivity index (χ2v) is 5.32. The van der Waals surface area contributed by atoms with Crippen LogP contribution in [0.25, 0.3) is 0 Å². The maximum Gasteiger partial charge on any atom is -0.00191 e. The summed E-state index contributed by atoms with van der Waals surface area (Å²) in [6, 6.07) is 0. The normalized spacial score (nSPS) is 25.2. The molecule has 0 spiro atoms. The average Bonchev–Trinajstić information content (AvgIpc) is 2.50. The largest absolute Gasteiger partial charge is 0.306 e. The van der Waals surface area contributed by atoms with E-state index in [4.69, 9.17) is 0 Å². The van der Waals surface area contributed by atoms with E-state index in [1.165, 1.54) is 38.8 Å². The first kappa shape index (κ1) is 14.2. The van der Waals surface area contributed by atoms with E-state index in [2.05, 4.69) is 43.7 Å². The highest BCUT2D eigenvalue weighted by Gasteiger charge is 2.16. The molecule has 0 bridgehead atoms. The molecule has 0 aromatic heterocycles. The Bertz CT molecular complexity index is 265. The minimum absolute atomic E-state index is 0.692. The number of hydrogen-bond donors (Lipinski definition) is 0. The summed E-state index contributed by atoms with van der Waals surface area (Å²) in [6.07, 6.45) is 15.8. The number of hydrogen-bond acceptors (Lipinski definition) is 1. The van der Waals surface area contributed by atoms with Crippen molar-refractivity contribution in [2.45, 2.75) is 32.6 Å². The maximum atomic E-state index is 3.66. The predicted octanol–water partition coefficient (Wildman–Crippen LogP) is 4.04. The van der Waals surface area contributed by atoms with Crippen LogP contribution in [0, 0.1) is 11.8 Å². The van der Waals surface area contributed by atoms with Crippen molar-refractivity contribution < 1.29 is 0 Å². The van der Waals surface area contributed by atoms with E-state index >= 15 is 0 Å². The third kappa shape index (κ3) is 6.48. The molecule has 1 aliphatic rings. The molecule has 1 heterocycles. The van der Waals surface area contributed by atoms with Crippen LogP contribution in [0.5, 0.6) is 0 Å². The third-order valence-electron chi connectivity index (χ3n) is 3.57. The molecule has 96 valence electrons. The highest BCUT2D eigenvalue weighted by molar-refractivity contribution is 5.09. The summed E-state index contributed by atoms with van der Waals surface area (Å²) in [6.45, 7) is 8.55. The van der Waals surface area contributed by atoms with Crippen molar-refractivity contribution in [2.75, 3.05) is 20.1 Å². The van der Waals surface area contributed by atoms with Crippen LogP contribution in [0.2, 0.25) is 0 Å². The monoisotopic (exact) mass is 233 g/mol. The lowest BCUT2D eigenvalue weighted by Crippen LogP contribution is -2.19. The van der Waals surface area contributed by atoms with Gasteiger partial charge in [-0.2, -0.15) is 0 Å².